The van der Waals surface area contributed by atoms with Crippen molar-refractivity contribution in [3.63, 3.8) is 0 Å². The van der Waals surface area contributed by atoms with Crippen LogP contribution in [0.4, 0.5) is 0 Å². The maximum atomic E-state index is 13.1. The summed E-state index contributed by atoms with van der Waals surface area (Å²) in [5, 5.41) is 22.4. The predicted molar refractivity (Wildman–Crippen MR) is 171 cm³/mol. The Kier molecular flexibility index (Phi) is 14.8. The van der Waals surface area contributed by atoms with Crippen LogP contribution in [0.1, 0.15) is 68.1 Å². The van der Waals surface area contributed by atoms with Gasteiger partial charge in [0.05, 0.1) is 6.04 Å². The Hall–Kier alpha value is -3.67. The minimum absolute atomic E-state index is 0.0220. The number of guanidine groups is 1. The van der Waals surface area contributed by atoms with E-state index in [0.717, 1.165) is 37.2 Å². The predicted octanol–water partition coefficient (Wildman–Crippen LogP) is 1.52. The fraction of sp³-hybridized carbons (Fsp3) is 0.531. The van der Waals surface area contributed by atoms with Crippen molar-refractivity contribution in [1.29, 1.82) is 0 Å². The number of hydrogen-bond donors (Lipinski definition) is 8. The number of rotatable bonds is 18. The first-order valence-electron chi connectivity index (χ1n) is 15.5. The van der Waals surface area contributed by atoms with Crippen molar-refractivity contribution in [2.24, 2.45) is 22.2 Å². The van der Waals surface area contributed by atoms with E-state index in [-0.39, 0.29) is 24.0 Å². The Bertz CT molecular complexity index is 1130. The van der Waals surface area contributed by atoms with Gasteiger partial charge in [0.15, 0.2) is 5.96 Å². The Morgan fingerprint density at radius 2 is 1.51 bits per heavy atom. The van der Waals surface area contributed by atoms with Crippen molar-refractivity contribution in [2.45, 2.75) is 89.0 Å². The molecule has 3 rings (SSSR count). The minimum Gasteiger partial charge on any atom is -0.508 e. The number of benzene rings is 2. The summed E-state index contributed by atoms with van der Waals surface area (Å²) >= 11 is 0. The lowest BCUT2D eigenvalue weighted by molar-refractivity contribution is -0.129. The molecule has 43 heavy (non-hydrogen) atoms. The third-order valence-corrected chi connectivity index (χ3v) is 7.69. The summed E-state index contributed by atoms with van der Waals surface area (Å²) in [7, 11) is 0. The molecule has 1 aliphatic carbocycles. The van der Waals surface area contributed by atoms with Gasteiger partial charge < -0.3 is 43.6 Å². The second-order valence-electron chi connectivity index (χ2n) is 11.3. The van der Waals surface area contributed by atoms with Crippen LogP contribution in [-0.4, -0.2) is 60.6 Å². The molecule has 2 aromatic carbocycles. The fourth-order valence-electron chi connectivity index (χ4n) is 5.18. The molecule has 2 amide bonds. The van der Waals surface area contributed by atoms with E-state index in [0.29, 0.717) is 32.0 Å². The Morgan fingerprint density at radius 3 is 2.19 bits per heavy atom. The molecule has 0 aliphatic heterocycles. The Morgan fingerprint density at radius 1 is 0.860 bits per heavy atom. The second-order valence-corrected chi connectivity index (χ2v) is 11.3. The van der Waals surface area contributed by atoms with E-state index in [9.17, 15) is 14.7 Å². The van der Waals surface area contributed by atoms with Crippen molar-refractivity contribution in [1.82, 2.24) is 21.3 Å². The van der Waals surface area contributed by atoms with Crippen LogP contribution in [-0.2, 0) is 29.1 Å². The third-order valence-electron chi connectivity index (χ3n) is 7.69. The summed E-state index contributed by atoms with van der Waals surface area (Å²) in [6, 6.07) is 13.7. The number of amides is 2. The SMILES string of the molecule is NC(N)=NCCC[C@H](NC(=O)[C@@H](N)Cc1ccc(O)cc1)C(=O)NCc1ccc(CNCCCNC2CCCCC2)cc1. The molecule has 0 aromatic heterocycles. The molecule has 2 aromatic rings. The second kappa shape index (κ2) is 18.8. The third kappa shape index (κ3) is 13.5. The number of nitrogens with one attached hydrogen (secondary N) is 4. The summed E-state index contributed by atoms with van der Waals surface area (Å²) in [6.07, 6.45) is 8.93. The number of aliphatic imine (C=N–C) groups is 1. The van der Waals surface area contributed by atoms with Crippen LogP contribution in [0.5, 0.6) is 5.75 Å². The van der Waals surface area contributed by atoms with Crippen molar-refractivity contribution < 1.29 is 14.7 Å². The largest absolute Gasteiger partial charge is 0.508 e. The molecule has 236 valence electrons. The number of nitrogens with zero attached hydrogens (tertiary/aromatic N) is 1. The van der Waals surface area contributed by atoms with Gasteiger partial charge in [0.25, 0.3) is 0 Å². The van der Waals surface area contributed by atoms with Gasteiger partial charge in [0.1, 0.15) is 11.8 Å². The summed E-state index contributed by atoms with van der Waals surface area (Å²) in [5.74, 6) is -0.621. The van der Waals surface area contributed by atoms with Crippen LogP contribution in [0.25, 0.3) is 0 Å². The minimum atomic E-state index is -0.855. The van der Waals surface area contributed by atoms with Gasteiger partial charge in [-0.1, -0.05) is 55.7 Å². The van der Waals surface area contributed by atoms with Crippen LogP contribution in [0, 0.1) is 0 Å². The molecule has 1 fully saturated rings. The maximum absolute atomic E-state index is 13.1. The van der Waals surface area contributed by atoms with E-state index < -0.39 is 18.0 Å². The number of carbonyl (C=O) groups excluding carboxylic acids is 2. The van der Waals surface area contributed by atoms with Gasteiger partial charge in [-0.3, -0.25) is 14.6 Å². The highest BCUT2D eigenvalue weighted by atomic mass is 16.3. The number of phenols is 1. The molecule has 0 unspecified atom stereocenters. The average Bonchev–Trinajstić information content (AvgIpc) is 3.01. The van der Waals surface area contributed by atoms with Gasteiger partial charge in [0, 0.05) is 25.7 Å². The smallest absolute Gasteiger partial charge is 0.242 e. The monoisotopic (exact) mass is 594 g/mol. The van der Waals surface area contributed by atoms with Crippen molar-refractivity contribution in [3.8, 4) is 5.75 Å². The average molecular weight is 595 g/mol. The molecule has 1 saturated carbocycles. The zero-order valence-electron chi connectivity index (χ0n) is 25.2. The lowest BCUT2D eigenvalue weighted by Crippen LogP contribution is -2.52. The van der Waals surface area contributed by atoms with Crippen LogP contribution in [0.3, 0.4) is 0 Å². The van der Waals surface area contributed by atoms with Gasteiger partial charge in [-0.2, -0.15) is 0 Å². The molecule has 2 atom stereocenters. The molecule has 0 radical (unpaired) electrons. The molecule has 0 heterocycles. The molecule has 1 aliphatic rings. The van der Waals surface area contributed by atoms with Gasteiger partial charge in [-0.15, -0.1) is 0 Å². The number of phenolic OH excluding ortho intramolecular Hbond substituents is 1. The van der Waals surface area contributed by atoms with E-state index in [4.69, 9.17) is 17.2 Å². The molecule has 0 bridgehead atoms. The van der Waals surface area contributed by atoms with Crippen molar-refractivity contribution in [2.75, 3.05) is 19.6 Å². The standard InChI is InChI=1S/C32H50N8O3/c33-28(20-23-13-15-27(41)16-14-23)30(42)40-29(8-4-18-38-32(34)35)31(43)39-22-25-11-9-24(10-12-25)21-36-17-5-19-37-26-6-2-1-3-7-26/h9-16,26,28-29,36-37,41H,1-8,17-22,33H2,(H,39,43)(H,40,42)(H4,34,35,38)/t28-,29-/m0/s1. The molecule has 0 saturated heterocycles. The van der Waals surface area contributed by atoms with Gasteiger partial charge in [-0.05, 0) is 80.4 Å². The zero-order chi connectivity index (χ0) is 30.9. The highest BCUT2D eigenvalue weighted by Gasteiger charge is 2.23. The van der Waals surface area contributed by atoms with E-state index >= 15 is 0 Å². The Labute approximate surface area is 255 Å². The number of nitrogens with two attached hydrogens (primary N) is 3. The molecule has 0 spiro atoms. The van der Waals surface area contributed by atoms with E-state index in [1.807, 2.05) is 12.1 Å². The van der Waals surface area contributed by atoms with Crippen LogP contribution in [0.15, 0.2) is 53.5 Å². The van der Waals surface area contributed by atoms with E-state index in [1.165, 1.54) is 37.7 Å². The summed E-state index contributed by atoms with van der Waals surface area (Å²) < 4.78 is 0. The summed E-state index contributed by atoms with van der Waals surface area (Å²) in [6.45, 7) is 3.49. The number of aromatic hydroxyl groups is 1. The topological polar surface area (TPSA) is 193 Å². The first-order valence-corrected chi connectivity index (χ1v) is 15.5. The number of carbonyl (C=O) groups is 2. The van der Waals surface area contributed by atoms with Crippen LogP contribution < -0.4 is 38.5 Å². The highest BCUT2D eigenvalue weighted by molar-refractivity contribution is 5.89. The van der Waals surface area contributed by atoms with Crippen molar-refractivity contribution >= 4 is 17.8 Å². The first kappa shape index (κ1) is 33.8. The van der Waals surface area contributed by atoms with Gasteiger partial charge in [-0.25, -0.2) is 0 Å². The van der Waals surface area contributed by atoms with E-state index in [1.54, 1.807) is 24.3 Å². The van der Waals surface area contributed by atoms with Gasteiger partial charge in [0.2, 0.25) is 11.8 Å². The van der Waals surface area contributed by atoms with E-state index in [2.05, 4.69) is 38.4 Å². The number of hydrogen-bond acceptors (Lipinski definition) is 7. The lowest BCUT2D eigenvalue weighted by atomic mass is 9.95. The molecular formula is C32H50N8O3. The maximum Gasteiger partial charge on any atom is 0.242 e. The first-order chi connectivity index (χ1) is 20.8. The van der Waals surface area contributed by atoms with Crippen LogP contribution in [0.2, 0.25) is 0 Å². The summed E-state index contributed by atoms with van der Waals surface area (Å²) in [4.78, 5) is 29.9. The molecular weight excluding hydrogens is 544 g/mol. The highest BCUT2D eigenvalue weighted by Crippen LogP contribution is 2.17. The molecule has 11 heteroatoms. The quantitative estimate of drug-likeness (QED) is 0.0723. The van der Waals surface area contributed by atoms with Crippen LogP contribution >= 0.6 is 0 Å². The lowest BCUT2D eigenvalue weighted by Gasteiger charge is -2.22. The van der Waals surface area contributed by atoms with Crippen molar-refractivity contribution in [3.05, 3.63) is 65.2 Å². The molecule has 11 nitrogen and oxygen atoms in total. The fourth-order valence-corrected chi connectivity index (χ4v) is 5.18. The molecule has 11 N–H and O–H groups in total. The summed E-state index contributed by atoms with van der Waals surface area (Å²) in [5.41, 5.74) is 19.9. The normalized spacial score (nSPS) is 14.9. The zero-order valence-corrected chi connectivity index (χ0v) is 25.2. The van der Waals surface area contributed by atoms with Gasteiger partial charge >= 0.3 is 0 Å². The Balaban J connectivity index is 1.42.